The zero-order valence-electron chi connectivity index (χ0n) is 19.5. The second-order valence-electron chi connectivity index (χ2n) is 9.52. The van der Waals surface area contributed by atoms with Crippen LogP contribution in [0.1, 0.15) is 41.3 Å². The zero-order valence-corrected chi connectivity index (χ0v) is 19.5. The fourth-order valence-electron chi connectivity index (χ4n) is 5.68. The van der Waals surface area contributed by atoms with Crippen molar-refractivity contribution in [1.29, 1.82) is 0 Å². The number of carbonyl (C=O) groups is 1. The molecule has 0 amide bonds. The Bertz CT molecular complexity index is 1160. The Balaban J connectivity index is 1.22. The summed E-state index contributed by atoms with van der Waals surface area (Å²) in [6, 6.07) is 9.34. The lowest BCUT2D eigenvalue weighted by Crippen LogP contribution is -2.42. The molecule has 3 heterocycles. The van der Waals surface area contributed by atoms with Gasteiger partial charge in [0.25, 0.3) is 0 Å². The van der Waals surface area contributed by atoms with Crippen molar-refractivity contribution in [3.63, 3.8) is 0 Å². The molecule has 0 radical (unpaired) electrons. The molecule has 7 nitrogen and oxygen atoms in total. The van der Waals surface area contributed by atoms with Gasteiger partial charge < -0.3 is 28.6 Å². The Morgan fingerprint density at radius 3 is 2.97 bits per heavy atom. The van der Waals surface area contributed by atoms with E-state index in [2.05, 4.69) is 30.2 Å². The van der Waals surface area contributed by atoms with Gasteiger partial charge in [0, 0.05) is 18.0 Å². The van der Waals surface area contributed by atoms with Crippen LogP contribution in [0.3, 0.4) is 0 Å². The lowest BCUT2D eigenvalue weighted by atomic mass is 9.67. The minimum Gasteiger partial charge on any atom is -0.490 e. The molecular weight excluding hydrogens is 434 g/mol. The SMILES string of the molecule is CCOc1ccc2c3c1OC1C[C@@H](COC(=O)c4ccc5c(c4)OCO5)C=C[C@@]31CCN(C)C2. The highest BCUT2D eigenvalue weighted by Crippen LogP contribution is 2.56. The van der Waals surface area contributed by atoms with Crippen LogP contribution in [0.2, 0.25) is 0 Å². The number of hydrogen-bond acceptors (Lipinski definition) is 7. The number of benzene rings is 2. The lowest BCUT2D eigenvalue weighted by molar-refractivity contribution is 0.0400. The summed E-state index contributed by atoms with van der Waals surface area (Å²) in [5, 5.41) is 0. The second kappa shape index (κ2) is 8.24. The monoisotopic (exact) mass is 463 g/mol. The molecular formula is C27H29NO6. The number of nitrogens with zero attached hydrogens (tertiary/aromatic N) is 1. The Morgan fingerprint density at radius 2 is 2.09 bits per heavy atom. The van der Waals surface area contributed by atoms with Gasteiger partial charge in [0.1, 0.15) is 6.10 Å². The number of rotatable bonds is 5. The molecule has 4 aliphatic rings. The van der Waals surface area contributed by atoms with E-state index >= 15 is 0 Å². The zero-order chi connectivity index (χ0) is 23.3. The second-order valence-corrected chi connectivity index (χ2v) is 9.52. The average molecular weight is 464 g/mol. The predicted molar refractivity (Wildman–Crippen MR) is 125 cm³/mol. The van der Waals surface area contributed by atoms with Gasteiger partial charge in [-0.15, -0.1) is 0 Å². The van der Waals surface area contributed by atoms with Crippen molar-refractivity contribution in [3.8, 4) is 23.0 Å². The third-order valence-electron chi connectivity index (χ3n) is 7.37. The minimum absolute atomic E-state index is 0.00592. The van der Waals surface area contributed by atoms with Crippen LogP contribution in [0.5, 0.6) is 23.0 Å². The van der Waals surface area contributed by atoms with Crippen LogP contribution < -0.4 is 18.9 Å². The molecule has 0 saturated carbocycles. The summed E-state index contributed by atoms with van der Waals surface area (Å²) in [6.07, 6.45) is 6.29. The topological polar surface area (TPSA) is 66.5 Å². The van der Waals surface area contributed by atoms with E-state index in [1.807, 2.05) is 13.0 Å². The minimum atomic E-state index is -0.361. The van der Waals surface area contributed by atoms with E-state index in [0.717, 1.165) is 37.4 Å². The Morgan fingerprint density at radius 1 is 1.21 bits per heavy atom. The fraction of sp³-hybridized carbons (Fsp3) is 0.444. The third-order valence-corrected chi connectivity index (χ3v) is 7.37. The largest absolute Gasteiger partial charge is 0.490 e. The van der Waals surface area contributed by atoms with E-state index in [1.165, 1.54) is 11.1 Å². The maximum Gasteiger partial charge on any atom is 0.338 e. The van der Waals surface area contributed by atoms with Crippen molar-refractivity contribution < 1.29 is 28.5 Å². The predicted octanol–water partition coefficient (Wildman–Crippen LogP) is 4.08. The molecule has 0 bridgehead atoms. The molecule has 2 aromatic rings. The summed E-state index contributed by atoms with van der Waals surface area (Å²) in [5.74, 6) is 2.66. The van der Waals surface area contributed by atoms with Gasteiger partial charge in [0.2, 0.25) is 6.79 Å². The normalized spacial score (nSPS) is 26.3. The summed E-state index contributed by atoms with van der Waals surface area (Å²) in [6.45, 7) is 4.97. The van der Waals surface area contributed by atoms with Crippen LogP contribution >= 0.6 is 0 Å². The van der Waals surface area contributed by atoms with E-state index in [4.69, 9.17) is 23.7 Å². The highest BCUT2D eigenvalue weighted by molar-refractivity contribution is 5.90. The molecule has 0 N–H and O–H groups in total. The first-order valence-corrected chi connectivity index (χ1v) is 12.0. The van der Waals surface area contributed by atoms with E-state index in [0.29, 0.717) is 30.3 Å². The van der Waals surface area contributed by atoms with E-state index in [-0.39, 0.29) is 30.2 Å². The molecule has 1 spiro atoms. The first kappa shape index (κ1) is 21.4. The van der Waals surface area contributed by atoms with Crippen LogP contribution in [-0.4, -0.2) is 50.6 Å². The van der Waals surface area contributed by atoms with Crippen LogP contribution in [0.4, 0.5) is 0 Å². The van der Waals surface area contributed by atoms with Gasteiger partial charge in [0.05, 0.1) is 24.2 Å². The van der Waals surface area contributed by atoms with Crippen molar-refractivity contribution >= 4 is 5.97 Å². The number of carbonyl (C=O) groups excluding carboxylic acids is 1. The van der Waals surface area contributed by atoms with E-state index < -0.39 is 0 Å². The van der Waals surface area contributed by atoms with Crippen molar-refractivity contribution in [2.45, 2.75) is 37.8 Å². The van der Waals surface area contributed by atoms with Crippen molar-refractivity contribution in [2.75, 3.05) is 33.6 Å². The summed E-state index contributed by atoms with van der Waals surface area (Å²) in [5.41, 5.74) is 2.88. The van der Waals surface area contributed by atoms with E-state index in [1.54, 1.807) is 18.2 Å². The Kier molecular flexibility index (Phi) is 5.17. The average Bonchev–Trinajstić information content (AvgIpc) is 3.41. The fourth-order valence-corrected chi connectivity index (χ4v) is 5.68. The summed E-state index contributed by atoms with van der Waals surface area (Å²) in [4.78, 5) is 15.0. The first-order chi connectivity index (χ1) is 16.6. The Labute approximate surface area is 199 Å². The molecule has 3 atom stereocenters. The van der Waals surface area contributed by atoms with Gasteiger partial charge in [-0.05, 0) is 63.2 Å². The van der Waals surface area contributed by atoms with Gasteiger partial charge in [-0.25, -0.2) is 4.79 Å². The molecule has 1 aliphatic carbocycles. The highest BCUT2D eigenvalue weighted by atomic mass is 16.7. The molecule has 34 heavy (non-hydrogen) atoms. The maximum atomic E-state index is 12.7. The van der Waals surface area contributed by atoms with Crippen LogP contribution in [-0.2, 0) is 16.7 Å². The highest BCUT2D eigenvalue weighted by Gasteiger charge is 2.52. The molecule has 3 aliphatic heterocycles. The molecule has 178 valence electrons. The molecule has 0 saturated heterocycles. The van der Waals surface area contributed by atoms with Gasteiger partial charge >= 0.3 is 5.97 Å². The summed E-state index contributed by atoms with van der Waals surface area (Å²) in [7, 11) is 2.17. The summed E-state index contributed by atoms with van der Waals surface area (Å²) < 4.78 is 28.9. The summed E-state index contributed by atoms with van der Waals surface area (Å²) >= 11 is 0. The van der Waals surface area contributed by atoms with Crippen LogP contribution in [0.15, 0.2) is 42.5 Å². The van der Waals surface area contributed by atoms with Crippen LogP contribution in [0, 0.1) is 5.92 Å². The molecule has 6 rings (SSSR count). The number of fused-ring (bicyclic) bond motifs is 1. The first-order valence-electron chi connectivity index (χ1n) is 12.0. The van der Waals surface area contributed by atoms with Gasteiger partial charge in [0.15, 0.2) is 23.0 Å². The molecule has 0 fully saturated rings. The van der Waals surface area contributed by atoms with Crippen molar-refractivity contribution in [1.82, 2.24) is 4.90 Å². The smallest absolute Gasteiger partial charge is 0.338 e. The lowest BCUT2D eigenvalue weighted by Gasteiger charge is -2.37. The van der Waals surface area contributed by atoms with Gasteiger partial charge in [-0.1, -0.05) is 18.2 Å². The standard InChI is InChI=1S/C27H29NO6/c1-3-30-21-7-5-19-14-28(2)11-10-27-9-8-17(12-23(27)34-25(21)24(19)27)15-31-26(29)18-4-6-20-22(13-18)33-16-32-20/h4-9,13,17,23H,3,10-12,14-16H2,1-2H3/t17-,23?,27-/m0/s1. The van der Waals surface area contributed by atoms with Gasteiger partial charge in [-0.3, -0.25) is 0 Å². The number of ether oxygens (including phenoxy) is 5. The maximum absolute atomic E-state index is 12.7. The molecule has 7 heteroatoms. The number of hydrogen-bond donors (Lipinski definition) is 0. The molecule has 1 unspecified atom stereocenters. The van der Waals surface area contributed by atoms with Gasteiger partial charge in [-0.2, -0.15) is 0 Å². The third kappa shape index (κ3) is 3.41. The quantitative estimate of drug-likeness (QED) is 0.489. The Hall–Kier alpha value is -3.19. The van der Waals surface area contributed by atoms with E-state index in [9.17, 15) is 4.79 Å². The molecule has 2 aromatic carbocycles. The van der Waals surface area contributed by atoms with Crippen molar-refractivity contribution in [2.24, 2.45) is 5.92 Å². The molecule has 0 aromatic heterocycles. The van der Waals surface area contributed by atoms with Crippen LogP contribution in [0.25, 0.3) is 0 Å². The number of esters is 1. The van der Waals surface area contributed by atoms with Crippen molar-refractivity contribution in [3.05, 3.63) is 59.2 Å².